The number of amides is 1. The van der Waals surface area contributed by atoms with Gasteiger partial charge in [0.1, 0.15) is 11.6 Å². The maximum absolute atomic E-state index is 12.7. The normalized spacial score (nSPS) is 18.7. The summed E-state index contributed by atoms with van der Waals surface area (Å²) in [6.45, 7) is 5.67. The zero-order valence-electron chi connectivity index (χ0n) is 14.7. The first-order valence-electron chi connectivity index (χ1n) is 9.18. The van der Waals surface area contributed by atoms with Crippen LogP contribution >= 0.6 is 0 Å². The van der Waals surface area contributed by atoms with Gasteiger partial charge in [-0.1, -0.05) is 0 Å². The van der Waals surface area contributed by atoms with E-state index in [1.165, 1.54) is 6.39 Å². The molecule has 0 atom stereocenters. The Kier molecular flexibility index (Phi) is 5.12. The Hall–Kier alpha value is -2.45. The summed E-state index contributed by atoms with van der Waals surface area (Å²) < 4.78 is 5.55. The molecular weight excluding hydrogens is 332 g/mol. The fourth-order valence-electron chi connectivity index (χ4n) is 3.58. The minimum Gasteiger partial charge on any atom is -0.447 e. The van der Waals surface area contributed by atoms with Crippen molar-refractivity contribution in [2.45, 2.75) is 18.8 Å². The second-order valence-corrected chi connectivity index (χ2v) is 6.68. The third kappa shape index (κ3) is 3.71. The van der Waals surface area contributed by atoms with E-state index in [9.17, 15) is 4.79 Å². The largest absolute Gasteiger partial charge is 0.447 e. The van der Waals surface area contributed by atoms with E-state index in [2.05, 4.69) is 30.8 Å². The summed E-state index contributed by atoms with van der Waals surface area (Å²) in [6, 6.07) is 3.88. The molecule has 0 aliphatic carbocycles. The second-order valence-electron chi connectivity index (χ2n) is 6.68. The molecule has 0 bridgehead atoms. The lowest BCUT2D eigenvalue weighted by atomic mass is 9.94. The lowest BCUT2D eigenvalue weighted by Gasteiger charge is -2.29. The standard InChI is InChI=1S/C18H24N6O2/c25-18(16-17(26-12-22-16)13-1-4-19-5-2-13)23-15-11-14(3-6-21-15)24-9-7-20-8-10-24/h3,6,11-13,19-20H,1-2,4-5,7-10H2,(H,21,23,25). The van der Waals surface area contributed by atoms with Gasteiger partial charge in [0, 0.05) is 50.0 Å². The van der Waals surface area contributed by atoms with E-state index < -0.39 is 0 Å². The molecule has 0 spiro atoms. The van der Waals surface area contributed by atoms with Crippen molar-refractivity contribution in [2.24, 2.45) is 0 Å². The van der Waals surface area contributed by atoms with Crippen molar-refractivity contribution in [1.82, 2.24) is 20.6 Å². The minimum absolute atomic E-state index is 0.236. The summed E-state index contributed by atoms with van der Waals surface area (Å²) in [7, 11) is 0. The first-order valence-corrected chi connectivity index (χ1v) is 9.18. The summed E-state index contributed by atoms with van der Waals surface area (Å²) in [6.07, 6.45) is 4.98. The van der Waals surface area contributed by atoms with Crippen LogP contribution in [0.15, 0.2) is 29.1 Å². The quantitative estimate of drug-likeness (QED) is 0.757. The number of piperidine rings is 1. The number of carbonyl (C=O) groups excluding carboxylic acids is 1. The molecule has 2 aliphatic rings. The summed E-state index contributed by atoms with van der Waals surface area (Å²) >= 11 is 0. The van der Waals surface area contributed by atoms with E-state index in [-0.39, 0.29) is 11.8 Å². The van der Waals surface area contributed by atoms with Crippen LogP contribution in [0.5, 0.6) is 0 Å². The van der Waals surface area contributed by atoms with Crippen molar-refractivity contribution in [1.29, 1.82) is 0 Å². The Labute approximate surface area is 152 Å². The van der Waals surface area contributed by atoms with Crippen LogP contribution in [0, 0.1) is 0 Å². The van der Waals surface area contributed by atoms with Crippen molar-refractivity contribution in [3.05, 3.63) is 36.2 Å². The molecule has 2 aliphatic heterocycles. The van der Waals surface area contributed by atoms with Crippen LogP contribution in [0.4, 0.5) is 11.5 Å². The third-order valence-corrected chi connectivity index (χ3v) is 4.99. The minimum atomic E-state index is -0.266. The Balaban J connectivity index is 1.47. The fourth-order valence-corrected chi connectivity index (χ4v) is 3.58. The van der Waals surface area contributed by atoms with Crippen LogP contribution in [-0.4, -0.2) is 55.1 Å². The van der Waals surface area contributed by atoms with Crippen LogP contribution in [0.3, 0.4) is 0 Å². The highest BCUT2D eigenvalue weighted by Gasteiger charge is 2.26. The van der Waals surface area contributed by atoms with Crippen molar-refractivity contribution in [2.75, 3.05) is 49.5 Å². The highest BCUT2D eigenvalue weighted by molar-refractivity contribution is 6.03. The van der Waals surface area contributed by atoms with Gasteiger partial charge in [0.15, 0.2) is 12.1 Å². The highest BCUT2D eigenvalue weighted by atomic mass is 16.3. The summed E-state index contributed by atoms with van der Waals surface area (Å²) in [5.74, 6) is 1.18. The Morgan fingerprint density at radius 1 is 1.15 bits per heavy atom. The maximum Gasteiger partial charge on any atom is 0.279 e. The van der Waals surface area contributed by atoms with E-state index in [1.807, 2.05) is 12.1 Å². The topological polar surface area (TPSA) is 95.3 Å². The molecule has 2 saturated heterocycles. The van der Waals surface area contributed by atoms with Gasteiger partial charge < -0.3 is 25.3 Å². The van der Waals surface area contributed by atoms with Gasteiger partial charge in [-0.2, -0.15) is 0 Å². The first kappa shape index (κ1) is 17.0. The number of anilines is 2. The van der Waals surface area contributed by atoms with Crippen molar-refractivity contribution in [3.63, 3.8) is 0 Å². The zero-order chi connectivity index (χ0) is 17.8. The van der Waals surface area contributed by atoms with Gasteiger partial charge >= 0.3 is 0 Å². The third-order valence-electron chi connectivity index (χ3n) is 4.99. The van der Waals surface area contributed by atoms with E-state index in [1.54, 1.807) is 6.20 Å². The number of carbonyl (C=O) groups is 1. The average Bonchev–Trinajstić information content (AvgIpc) is 3.20. The molecular formula is C18H24N6O2. The monoisotopic (exact) mass is 356 g/mol. The van der Waals surface area contributed by atoms with Gasteiger partial charge in [-0.05, 0) is 32.0 Å². The van der Waals surface area contributed by atoms with Gasteiger partial charge in [-0.3, -0.25) is 4.79 Å². The van der Waals surface area contributed by atoms with E-state index in [0.717, 1.165) is 57.8 Å². The second kappa shape index (κ2) is 7.84. The molecule has 0 saturated carbocycles. The van der Waals surface area contributed by atoms with Crippen LogP contribution in [-0.2, 0) is 0 Å². The molecule has 0 radical (unpaired) electrons. The number of pyridine rings is 1. The van der Waals surface area contributed by atoms with Crippen LogP contribution in [0.1, 0.15) is 35.0 Å². The average molecular weight is 356 g/mol. The number of nitrogens with one attached hydrogen (secondary N) is 3. The Morgan fingerprint density at radius 3 is 2.73 bits per heavy atom. The Bertz CT molecular complexity index is 750. The smallest absolute Gasteiger partial charge is 0.279 e. The zero-order valence-corrected chi connectivity index (χ0v) is 14.7. The molecule has 8 nitrogen and oxygen atoms in total. The van der Waals surface area contributed by atoms with Gasteiger partial charge in [-0.25, -0.2) is 9.97 Å². The fraction of sp³-hybridized carbons (Fsp3) is 0.500. The molecule has 2 aromatic heterocycles. The Morgan fingerprint density at radius 2 is 1.92 bits per heavy atom. The summed E-state index contributed by atoms with van der Waals surface area (Å²) in [4.78, 5) is 23.4. The van der Waals surface area contributed by atoms with Crippen LogP contribution in [0.2, 0.25) is 0 Å². The number of hydrogen-bond donors (Lipinski definition) is 3. The van der Waals surface area contributed by atoms with Gasteiger partial charge in [0.05, 0.1) is 0 Å². The molecule has 0 unspecified atom stereocenters. The molecule has 3 N–H and O–H groups in total. The molecule has 1 amide bonds. The first-order chi connectivity index (χ1) is 12.8. The number of hydrogen-bond acceptors (Lipinski definition) is 7. The molecule has 4 rings (SSSR count). The molecule has 2 aromatic rings. The predicted octanol–water partition coefficient (Wildman–Crippen LogP) is 1.20. The van der Waals surface area contributed by atoms with E-state index in [4.69, 9.17) is 4.42 Å². The van der Waals surface area contributed by atoms with Crippen molar-refractivity contribution >= 4 is 17.4 Å². The van der Waals surface area contributed by atoms with Crippen LogP contribution in [0.25, 0.3) is 0 Å². The predicted molar refractivity (Wildman–Crippen MR) is 98.6 cm³/mol. The number of oxazole rings is 1. The van der Waals surface area contributed by atoms with E-state index in [0.29, 0.717) is 17.3 Å². The van der Waals surface area contributed by atoms with Crippen LogP contribution < -0.4 is 20.9 Å². The summed E-state index contributed by atoms with van der Waals surface area (Å²) in [5, 5.41) is 9.53. The SMILES string of the molecule is O=C(Nc1cc(N2CCNCC2)ccn1)c1ncoc1C1CCNCC1. The number of piperazine rings is 1. The molecule has 8 heteroatoms. The van der Waals surface area contributed by atoms with Gasteiger partial charge in [-0.15, -0.1) is 0 Å². The number of nitrogens with zero attached hydrogens (tertiary/aromatic N) is 3. The molecule has 26 heavy (non-hydrogen) atoms. The van der Waals surface area contributed by atoms with Crippen molar-refractivity contribution in [3.8, 4) is 0 Å². The summed E-state index contributed by atoms with van der Waals surface area (Å²) in [5.41, 5.74) is 1.43. The number of rotatable bonds is 4. The molecule has 138 valence electrons. The van der Waals surface area contributed by atoms with Gasteiger partial charge in [0.2, 0.25) is 0 Å². The molecule has 0 aromatic carbocycles. The lowest BCUT2D eigenvalue weighted by molar-refractivity contribution is 0.101. The lowest BCUT2D eigenvalue weighted by Crippen LogP contribution is -2.43. The van der Waals surface area contributed by atoms with Crippen molar-refractivity contribution < 1.29 is 9.21 Å². The molecule has 4 heterocycles. The van der Waals surface area contributed by atoms with Gasteiger partial charge in [0.25, 0.3) is 5.91 Å². The highest BCUT2D eigenvalue weighted by Crippen LogP contribution is 2.28. The molecule has 2 fully saturated rings. The maximum atomic E-state index is 12.7. The number of aromatic nitrogens is 2. The van der Waals surface area contributed by atoms with E-state index >= 15 is 0 Å².